The average molecular weight is 478 g/mol. The van der Waals surface area contributed by atoms with Gasteiger partial charge in [-0.1, -0.05) is 18.2 Å². The van der Waals surface area contributed by atoms with Gasteiger partial charge in [0.2, 0.25) is 0 Å². The van der Waals surface area contributed by atoms with Crippen LogP contribution in [0.1, 0.15) is 43.7 Å². The Hall–Kier alpha value is -4.05. The molecule has 4 rings (SSSR count). The fraction of sp³-hybridized carbons (Fsp3) is 0.320. The Morgan fingerprint density at radius 2 is 1.83 bits per heavy atom. The minimum atomic E-state index is -0.720. The maximum Gasteiger partial charge on any atom is 0.295 e. The molecule has 35 heavy (non-hydrogen) atoms. The van der Waals surface area contributed by atoms with E-state index in [2.05, 4.69) is 9.97 Å². The van der Waals surface area contributed by atoms with Crippen molar-refractivity contribution in [3.63, 3.8) is 0 Å². The summed E-state index contributed by atoms with van der Waals surface area (Å²) in [4.78, 5) is 67.4. The largest absolute Gasteiger partial charge is 0.358 e. The average Bonchev–Trinajstić information content (AvgIpc) is 3.30. The second-order valence-electron chi connectivity index (χ2n) is 8.52. The number of ketones is 1. The smallest absolute Gasteiger partial charge is 0.295 e. The van der Waals surface area contributed by atoms with Crippen LogP contribution in [0.5, 0.6) is 0 Å². The van der Waals surface area contributed by atoms with Crippen LogP contribution in [0.3, 0.4) is 0 Å². The van der Waals surface area contributed by atoms with Crippen molar-refractivity contribution in [2.75, 3.05) is 33.8 Å². The molecular weight excluding hydrogens is 450 g/mol. The van der Waals surface area contributed by atoms with Crippen LogP contribution in [-0.2, 0) is 9.63 Å². The lowest BCUT2D eigenvalue weighted by Gasteiger charge is -2.39. The summed E-state index contributed by atoms with van der Waals surface area (Å²) in [6.07, 6.45) is 1.40. The van der Waals surface area contributed by atoms with Crippen molar-refractivity contribution >= 4 is 34.5 Å². The van der Waals surface area contributed by atoms with Crippen LogP contribution in [0.4, 0.5) is 0 Å². The predicted molar refractivity (Wildman–Crippen MR) is 128 cm³/mol. The van der Waals surface area contributed by atoms with Gasteiger partial charge in [0.05, 0.1) is 23.8 Å². The van der Waals surface area contributed by atoms with E-state index in [4.69, 9.17) is 4.84 Å². The van der Waals surface area contributed by atoms with Crippen molar-refractivity contribution in [1.82, 2.24) is 24.8 Å². The van der Waals surface area contributed by atoms with Crippen molar-refractivity contribution < 1.29 is 24.0 Å². The second-order valence-corrected chi connectivity index (χ2v) is 8.52. The summed E-state index contributed by atoms with van der Waals surface area (Å²) in [5, 5.41) is 1.07. The second kappa shape index (κ2) is 9.67. The molecule has 1 fully saturated rings. The highest BCUT2D eigenvalue weighted by Gasteiger charge is 2.35. The van der Waals surface area contributed by atoms with Crippen LogP contribution < -0.4 is 0 Å². The molecule has 0 spiro atoms. The summed E-state index contributed by atoms with van der Waals surface area (Å²) in [7, 11) is 2.85. The first-order valence-corrected chi connectivity index (χ1v) is 11.2. The minimum Gasteiger partial charge on any atom is -0.358 e. The molecule has 1 saturated heterocycles. The number of hydroxylamine groups is 2. The number of benzene rings is 1. The number of aryl methyl sites for hydroxylation is 1. The maximum absolute atomic E-state index is 13.2. The zero-order valence-corrected chi connectivity index (χ0v) is 20.1. The van der Waals surface area contributed by atoms with Gasteiger partial charge in [0.15, 0.2) is 0 Å². The third-order valence-corrected chi connectivity index (χ3v) is 6.19. The molecule has 0 unspecified atom stereocenters. The van der Waals surface area contributed by atoms with E-state index in [1.807, 2.05) is 13.0 Å². The first kappa shape index (κ1) is 24.1. The van der Waals surface area contributed by atoms with Crippen LogP contribution in [0.2, 0.25) is 0 Å². The number of H-pyrrole nitrogens is 1. The molecule has 0 radical (unpaired) electrons. The van der Waals surface area contributed by atoms with Crippen LogP contribution in [0.15, 0.2) is 42.6 Å². The first-order valence-electron chi connectivity index (χ1n) is 11.2. The number of hydrogen-bond acceptors (Lipinski definition) is 6. The number of piperazine rings is 1. The molecule has 3 amide bonds. The molecule has 1 aromatic carbocycles. The Morgan fingerprint density at radius 3 is 2.49 bits per heavy atom. The number of aromatic nitrogens is 2. The highest BCUT2D eigenvalue weighted by molar-refractivity contribution is 6.44. The number of nitrogens with zero attached hydrogens (tertiary/aromatic N) is 4. The molecule has 10 nitrogen and oxygen atoms in total. The first-order chi connectivity index (χ1) is 16.7. The number of nitrogens with one attached hydrogen (secondary N) is 1. The summed E-state index contributed by atoms with van der Waals surface area (Å²) in [6, 6.07) is 10.2. The summed E-state index contributed by atoms with van der Waals surface area (Å²) in [5.74, 6) is -1.91. The molecule has 1 N–H and O–H groups in total. The molecular formula is C25H27N5O5. The lowest BCUT2D eigenvalue weighted by Crippen LogP contribution is -2.56. The Kier molecular flexibility index (Phi) is 6.65. The molecule has 1 aliphatic heterocycles. The highest BCUT2D eigenvalue weighted by Crippen LogP contribution is 2.24. The van der Waals surface area contributed by atoms with E-state index >= 15 is 0 Å². The minimum absolute atomic E-state index is 0.0952. The van der Waals surface area contributed by atoms with Gasteiger partial charge in [-0.3, -0.25) is 29.0 Å². The number of fused-ring (bicyclic) bond motifs is 1. The van der Waals surface area contributed by atoms with E-state index in [0.29, 0.717) is 29.9 Å². The fourth-order valence-electron chi connectivity index (χ4n) is 4.27. The predicted octanol–water partition coefficient (Wildman–Crippen LogP) is 2.06. The van der Waals surface area contributed by atoms with E-state index in [1.54, 1.807) is 42.2 Å². The molecule has 1 aliphatic rings. The van der Waals surface area contributed by atoms with E-state index in [9.17, 15) is 19.2 Å². The molecule has 0 saturated carbocycles. The molecule has 182 valence electrons. The van der Waals surface area contributed by atoms with Crippen molar-refractivity contribution in [3.8, 4) is 0 Å². The van der Waals surface area contributed by atoms with Crippen LogP contribution in [0.25, 0.3) is 11.0 Å². The summed E-state index contributed by atoms with van der Waals surface area (Å²) in [5.41, 5.74) is 2.09. The Bertz CT molecular complexity index is 1300. The summed E-state index contributed by atoms with van der Waals surface area (Å²) < 4.78 is 0. The Labute approximate surface area is 202 Å². The van der Waals surface area contributed by atoms with Gasteiger partial charge in [0, 0.05) is 50.2 Å². The van der Waals surface area contributed by atoms with Crippen LogP contribution in [-0.4, -0.2) is 88.2 Å². The number of Topliss-reactive ketones (excluding diaryl/α,β-unsaturated/α-hetero) is 1. The number of rotatable bonds is 5. The summed E-state index contributed by atoms with van der Waals surface area (Å²) in [6.45, 7) is 4.40. The molecule has 2 aromatic heterocycles. The lowest BCUT2D eigenvalue weighted by atomic mass is 10.1. The normalized spacial score (nSPS) is 15.8. The summed E-state index contributed by atoms with van der Waals surface area (Å²) >= 11 is 0. The zero-order chi connectivity index (χ0) is 25.3. The Morgan fingerprint density at radius 1 is 1.11 bits per heavy atom. The van der Waals surface area contributed by atoms with Crippen molar-refractivity contribution in [2.45, 2.75) is 19.9 Å². The number of carbonyl (C=O) groups excluding carboxylic acids is 4. The van der Waals surface area contributed by atoms with Crippen molar-refractivity contribution in [3.05, 3.63) is 65.0 Å². The van der Waals surface area contributed by atoms with E-state index in [0.717, 1.165) is 5.06 Å². The van der Waals surface area contributed by atoms with E-state index in [1.165, 1.54) is 25.3 Å². The third kappa shape index (κ3) is 4.52. The van der Waals surface area contributed by atoms with Crippen molar-refractivity contribution in [1.29, 1.82) is 0 Å². The van der Waals surface area contributed by atoms with E-state index < -0.39 is 17.6 Å². The van der Waals surface area contributed by atoms with Crippen LogP contribution in [0, 0.1) is 6.92 Å². The number of pyridine rings is 1. The van der Waals surface area contributed by atoms with Gasteiger partial charge in [0.1, 0.15) is 5.52 Å². The van der Waals surface area contributed by atoms with E-state index in [-0.39, 0.29) is 35.1 Å². The Balaban J connectivity index is 1.55. The van der Waals surface area contributed by atoms with Crippen LogP contribution >= 0.6 is 0 Å². The maximum atomic E-state index is 13.2. The molecule has 3 aromatic rings. The number of aromatic amines is 1. The number of amides is 3. The van der Waals surface area contributed by atoms with Crippen molar-refractivity contribution in [2.24, 2.45) is 0 Å². The fourth-order valence-corrected chi connectivity index (χ4v) is 4.27. The third-order valence-electron chi connectivity index (χ3n) is 6.19. The number of hydrogen-bond donors (Lipinski definition) is 1. The molecule has 10 heteroatoms. The van der Waals surface area contributed by atoms with Gasteiger partial charge in [-0.25, -0.2) is 5.06 Å². The topological polar surface area (TPSA) is 116 Å². The molecule has 0 bridgehead atoms. The zero-order valence-electron chi connectivity index (χ0n) is 20.1. The monoisotopic (exact) mass is 477 g/mol. The van der Waals surface area contributed by atoms with Gasteiger partial charge >= 0.3 is 0 Å². The van der Waals surface area contributed by atoms with Gasteiger partial charge in [0.25, 0.3) is 23.5 Å². The highest BCUT2D eigenvalue weighted by atomic mass is 16.7. The lowest BCUT2D eigenvalue weighted by molar-refractivity contribution is -0.130. The molecule has 3 heterocycles. The molecule has 1 atom stereocenters. The van der Waals surface area contributed by atoms with Gasteiger partial charge in [-0.2, -0.15) is 0 Å². The quantitative estimate of drug-likeness (QED) is 0.342. The number of carbonyl (C=O) groups is 4. The standard InChI is InChI=1S/C25H27N5O5/c1-15-12-18(24(33)28(3)35-4)20-21(27-15)19(13-26-20)22(31)25(34)30-11-10-29(14-16(30)2)23(32)17-8-6-5-7-9-17/h5-9,12-13,16,26H,10-11,14H2,1-4H3/t16-/m1/s1. The van der Waals surface area contributed by atoms with Gasteiger partial charge in [-0.15, -0.1) is 0 Å². The molecule has 0 aliphatic carbocycles. The van der Waals surface area contributed by atoms with Gasteiger partial charge in [-0.05, 0) is 32.0 Å². The van der Waals surface area contributed by atoms with Gasteiger partial charge < -0.3 is 14.8 Å². The SMILES string of the molecule is CON(C)C(=O)c1cc(C)nc2c(C(=O)C(=O)N3CCN(C(=O)c4ccccc4)C[C@H]3C)c[nH]c12.